The number of carboxylic acids is 2. The van der Waals surface area contributed by atoms with Gasteiger partial charge in [-0.25, -0.2) is 24.3 Å². The number of carboxylic acid groups (broad SMARTS) is 2. The van der Waals surface area contributed by atoms with Crippen molar-refractivity contribution >= 4 is 11.9 Å². The van der Waals surface area contributed by atoms with Crippen LogP contribution in [-0.2, 0) is 31.3 Å². The molecule has 0 unspecified atom stereocenters. The number of carbonyl (C=O) groups is 2. The summed E-state index contributed by atoms with van der Waals surface area (Å²) in [4.78, 5) is 19.2. The van der Waals surface area contributed by atoms with E-state index in [2.05, 4.69) is 24.3 Å². The molecule has 4 nitrogen and oxygen atoms in total. The molecular formula is C18H26O4Ti. The zero-order valence-corrected chi connectivity index (χ0v) is 15.5. The van der Waals surface area contributed by atoms with Gasteiger partial charge < -0.3 is 10.2 Å². The van der Waals surface area contributed by atoms with Crippen molar-refractivity contribution in [3.8, 4) is 0 Å². The van der Waals surface area contributed by atoms with Crippen LogP contribution in [0.2, 0.25) is 0 Å². The van der Waals surface area contributed by atoms with Crippen LogP contribution in [0, 0.1) is 12.2 Å². The summed E-state index contributed by atoms with van der Waals surface area (Å²) in [6.45, 7) is 3.68. The summed E-state index contributed by atoms with van der Waals surface area (Å²) in [6.07, 6.45) is 22.0. The van der Waals surface area contributed by atoms with Crippen molar-refractivity contribution < 1.29 is 41.5 Å². The fourth-order valence-corrected chi connectivity index (χ4v) is 1.11. The van der Waals surface area contributed by atoms with E-state index in [1.165, 1.54) is 0 Å². The third kappa shape index (κ3) is 33.4. The second-order valence-electron chi connectivity index (χ2n) is 4.29. The minimum atomic E-state index is -0.711. The van der Waals surface area contributed by atoms with Crippen molar-refractivity contribution in [2.75, 3.05) is 0 Å². The van der Waals surface area contributed by atoms with Gasteiger partial charge in [-0.1, -0.05) is 13.8 Å². The topological polar surface area (TPSA) is 74.6 Å². The first-order chi connectivity index (χ1) is 10.5. The van der Waals surface area contributed by atoms with Crippen LogP contribution in [0.25, 0.3) is 0 Å². The Bertz CT molecular complexity index is 338. The van der Waals surface area contributed by atoms with Gasteiger partial charge in [-0.2, -0.15) is 12.2 Å². The SMILES string of the molecule is CCCC(=O)O.CCCC(=O)O.[C-]1=CC=CC1.[C-]1=CC=CC1.[Ti+2]. The summed E-state index contributed by atoms with van der Waals surface area (Å²) in [5.74, 6) is -1.42. The molecule has 0 aromatic heterocycles. The Morgan fingerprint density at radius 2 is 1.22 bits per heavy atom. The summed E-state index contributed by atoms with van der Waals surface area (Å²) in [5.41, 5.74) is 0. The van der Waals surface area contributed by atoms with E-state index in [-0.39, 0.29) is 21.7 Å². The average molecular weight is 354 g/mol. The van der Waals surface area contributed by atoms with Gasteiger partial charge in [0.2, 0.25) is 0 Å². The zero-order chi connectivity index (χ0) is 17.1. The third-order valence-corrected chi connectivity index (χ3v) is 2.10. The first kappa shape index (κ1) is 26.5. The third-order valence-electron chi connectivity index (χ3n) is 2.10. The number of aliphatic carboxylic acids is 2. The van der Waals surface area contributed by atoms with Crippen LogP contribution in [0.1, 0.15) is 52.4 Å². The van der Waals surface area contributed by atoms with Gasteiger partial charge in [0, 0.05) is 12.8 Å². The molecule has 0 aromatic rings. The molecule has 2 N–H and O–H groups in total. The van der Waals surface area contributed by atoms with Crippen molar-refractivity contribution in [3.63, 3.8) is 0 Å². The predicted molar refractivity (Wildman–Crippen MR) is 88.2 cm³/mol. The molecule has 0 aromatic carbocycles. The van der Waals surface area contributed by atoms with E-state index in [1.54, 1.807) is 0 Å². The zero-order valence-electron chi connectivity index (χ0n) is 13.9. The Kier molecular flexibility index (Phi) is 26.4. The Balaban J connectivity index is -0.000000229. The second kappa shape index (κ2) is 22.9. The Morgan fingerprint density at radius 1 is 0.870 bits per heavy atom. The van der Waals surface area contributed by atoms with E-state index in [1.807, 2.05) is 38.2 Å². The smallest absolute Gasteiger partial charge is 0.481 e. The van der Waals surface area contributed by atoms with Crippen LogP contribution in [-0.4, -0.2) is 22.2 Å². The molecule has 0 saturated carbocycles. The number of rotatable bonds is 4. The molecule has 5 heteroatoms. The predicted octanol–water partition coefficient (Wildman–Crippen LogP) is 4.35. The second-order valence-corrected chi connectivity index (χ2v) is 4.29. The maximum absolute atomic E-state index is 9.60. The Hall–Kier alpha value is -1.39. The number of hydrogen-bond acceptors (Lipinski definition) is 2. The van der Waals surface area contributed by atoms with Gasteiger partial charge in [0.25, 0.3) is 0 Å². The van der Waals surface area contributed by atoms with Crippen molar-refractivity contribution in [1.82, 2.24) is 0 Å². The van der Waals surface area contributed by atoms with Crippen LogP contribution in [0.5, 0.6) is 0 Å². The molecule has 23 heavy (non-hydrogen) atoms. The maximum Gasteiger partial charge on any atom is 2.00 e. The number of hydrogen-bond donors (Lipinski definition) is 2. The van der Waals surface area contributed by atoms with E-state index < -0.39 is 11.9 Å². The summed E-state index contributed by atoms with van der Waals surface area (Å²) >= 11 is 0. The van der Waals surface area contributed by atoms with Gasteiger partial charge in [0.15, 0.2) is 0 Å². The molecule has 2 rings (SSSR count). The summed E-state index contributed by atoms with van der Waals surface area (Å²) in [7, 11) is 0. The molecule has 0 saturated heterocycles. The molecule has 0 fully saturated rings. The standard InChI is InChI=1S/2C5H5.2C4H8O2.Ti/c2*1-2-4-5-3-1;2*1-2-3-4(5)6;/h2*1-3H,4H2;2*2-3H2,1H3,(H,5,6);/q2*-1;;;+2. The summed E-state index contributed by atoms with van der Waals surface area (Å²) in [5, 5.41) is 15.8. The number of allylic oxidation sites excluding steroid dienone is 8. The van der Waals surface area contributed by atoms with Gasteiger partial charge in [0.05, 0.1) is 0 Å². The van der Waals surface area contributed by atoms with Gasteiger partial charge >= 0.3 is 33.7 Å². The molecule has 0 amide bonds. The molecule has 0 heterocycles. The summed E-state index contributed by atoms with van der Waals surface area (Å²) in [6, 6.07) is 0. The monoisotopic (exact) mass is 354 g/mol. The van der Waals surface area contributed by atoms with Crippen molar-refractivity contribution in [2.24, 2.45) is 0 Å². The van der Waals surface area contributed by atoms with E-state index in [0.29, 0.717) is 12.8 Å². The quantitative estimate of drug-likeness (QED) is 0.581. The van der Waals surface area contributed by atoms with Gasteiger partial charge in [-0.05, 0) is 12.8 Å². The van der Waals surface area contributed by atoms with E-state index in [9.17, 15) is 9.59 Å². The Morgan fingerprint density at radius 3 is 1.26 bits per heavy atom. The summed E-state index contributed by atoms with van der Waals surface area (Å²) < 4.78 is 0. The fourth-order valence-electron chi connectivity index (χ4n) is 1.11. The van der Waals surface area contributed by atoms with Crippen LogP contribution in [0.15, 0.2) is 36.5 Å². The van der Waals surface area contributed by atoms with Gasteiger partial charge in [-0.3, -0.25) is 21.7 Å². The maximum atomic E-state index is 9.60. The van der Waals surface area contributed by atoms with E-state index in [0.717, 1.165) is 25.7 Å². The molecule has 0 radical (unpaired) electrons. The Labute approximate surface area is 154 Å². The molecule has 2 aliphatic rings. The van der Waals surface area contributed by atoms with Gasteiger partial charge in [0.1, 0.15) is 0 Å². The first-order valence-electron chi connectivity index (χ1n) is 7.41. The molecule has 126 valence electrons. The normalized spacial score (nSPS) is 11.9. The van der Waals surface area contributed by atoms with Crippen LogP contribution < -0.4 is 0 Å². The molecule has 0 aliphatic heterocycles. The molecule has 0 atom stereocenters. The van der Waals surface area contributed by atoms with Crippen molar-refractivity contribution in [1.29, 1.82) is 0 Å². The largest absolute Gasteiger partial charge is 2.00 e. The minimum absolute atomic E-state index is 0. The average Bonchev–Trinajstić information content (AvgIpc) is 3.19. The minimum Gasteiger partial charge on any atom is -0.481 e. The van der Waals surface area contributed by atoms with Crippen molar-refractivity contribution in [3.05, 3.63) is 48.6 Å². The fraction of sp³-hybridized carbons (Fsp3) is 0.444. The van der Waals surface area contributed by atoms with Crippen LogP contribution in [0.3, 0.4) is 0 Å². The van der Waals surface area contributed by atoms with E-state index >= 15 is 0 Å². The molecular weight excluding hydrogens is 328 g/mol. The van der Waals surface area contributed by atoms with Crippen molar-refractivity contribution in [2.45, 2.75) is 52.4 Å². The molecule has 0 bridgehead atoms. The molecule has 2 aliphatic carbocycles. The van der Waals surface area contributed by atoms with Gasteiger partial charge in [-0.15, -0.1) is 12.8 Å². The first-order valence-corrected chi connectivity index (χ1v) is 7.41. The molecule has 0 spiro atoms. The van der Waals surface area contributed by atoms with Crippen LogP contribution in [0.4, 0.5) is 0 Å². The van der Waals surface area contributed by atoms with E-state index in [4.69, 9.17) is 10.2 Å². The van der Waals surface area contributed by atoms with Crippen LogP contribution >= 0.6 is 0 Å².